The normalized spacial score (nSPS) is 10.2. The van der Waals surface area contributed by atoms with Crippen molar-refractivity contribution < 1.29 is 13.9 Å². The summed E-state index contributed by atoms with van der Waals surface area (Å²) >= 11 is 1.31. The number of Topliss-reactive ketones (excluding diaryl/α,β-unsaturated/α-hetero) is 1. The first-order chi connectivity index (χ1) is 9.20. The van der Waals surface area contributed by atoms with E-state index >= 15 is 0 Å². The third kappa shape index (κ3) is 3.51. The Hall–Kier alpha value is -1.95. The summed E-state index contributed by atoms with van der Waals surface area (Å²) in [6.45, 7) is 0. The van der Waals surface area contributed by atoms with Crippen molar-refractivity contribution in [3.63, 3.8) is 0 Å². The van der Waals surface area contributed by atoms with Gasteiger partial charge in [-0.1, -0.05) is 0 Å². The number of thioether (sulfide) groups is 1. The zero-order valence-corrected chi connectivity index (χ0v) is 11.0. The van der Waals surface area contributed by atoms with Crippen LogP contribution >= 0.6 is 11.8 Å². The Morgan fingerprint density at radius 2 is 1.95 bits per heavy atom. The molecule has 98 valence electrons. The highest BCUT2D eigenvalue weighted by atomic mass is 32.2. The van der Waals surface area contributed by atoms with Gasteiger partial charge in [-0.15, -0.1) is 11.8 Å². The van der Waals surface area contributed by atoms with Gasteiger partial charge in [-0.3, -0.25) is 4.79 Å². The second-order valence-corrected chi connectivity index (χ2v) is 4.63. The number of rotatable bonds is 5. The Bertz CT molecular complexity index is 575. The van der Waals surface area contributed by atoms with E-state index in [9.17, 15) is 9.18 Å². The molecule has 0 atom stereocenters. The smallest absolute Gasteiger partial charge is 0.243 e. The lowest BCUT2D eigenvalue weighted by Crippen LogP contribution is -2.08. The Labute approximate surface area is 114 Å². The molecule has 4 nitrogen and oxygen atoms in total. The number of hydrogen-bond donors (Lipinski definition) is 0. The fraction of sp³-hybridized carbons (Fsp3) is 0.154. The zero-order chi connectivity index (χ0) is 13.7. The first-order valence-corrected chi connectivity index (χ1v) is 6.46. The average Bonchev–Trinajstić information content (AvgIpc) is 2.46. The quantitative estimate of drug-likeness (QED) is 0.621. The van der Waals surface area contributed by atoms with E-state index in [1.165, 1.54) is 43.4 Å². The molecule has 0 spiro atoms. The number of aromatic nitrogens is 2. The van der Waals surface area contributed by atoms with E-state index in [1.807, 2.05) is 0 Å². The minimum atomic E-state index is -0.300. The summed E-state index contributed by atoms with van der Waals surface area (Å²) in [4.78, 5) is 20.7. The highest BCUT2D eigenvalue weighted by Crippen LogP contribution is 2.21. The standard InChI is InChI=1S/C13H11FN2O2S/c1-18-13-12(15-6-7-16-13)11(17)8-19-10-4-2-9(14)3-5-10/h2-7H,8H2,1H3. The largest absolute Gasteiger partial charge is 0.479 e. The van der Waals surface area contributed by atoms with Gasteiger partial charge in [0.25, 0.3) is 0 Å². The number of nitrogens with zero attached hydrogens (tertiary/aromatic N) is 2. The van der Waals surface area contributed by atoms with E-state index in [4.69, 9.17) is 4.74 Å². The molecular weight excluding hydrogens is 267 g/mol. The third-order valence-corrected chi connectivity index (χ3v) is 3.32. The van der Waals surface area contributed by atoms with Gasteiger partial charge in [0.05, 0.1) is 12.9 Å². The molecule has 0 saturated carbocycles. The van der Waals surface area contributed by atoms with Gasteiger partial charge in [0.2, 0.25) is 5.88 Å². The lowest BCUT2D eigenvalue weighted by Gasteiger charge is -2.04. The summed E-state index contributed by atoms with van der Waals surface area (Å²) in [5, 5.41) is 0. The lowest BCUT2D eigenvalue weighted by molar-refractivity contribution is 0.101. The van der Waals surface area contributed by atoms with Crippen LogP contribution in [0.25, 0.3) is 0 Å². The van der Waals surface area contributed by atoms with Crippen LogP contribution in [0.1, 0.15) is 10.5 Å². The number of benzene rings is 1. The van der Waals surface area contributed by atoms with Gasteiger partial charge in [0.15, 0.2) is 11.5 Å². The predicted molar refractivity (Wildman–Crippen MR) is 70.0 cm³/mol. The maximum absolute atomic E-state index is 12.7. The second kappa shape index (κ2) is 6.29. The van der Waals surface area contributed by atoms with Crippen molar-refractivity contribution in [2.24, 2.45) is 0 Å². The molecule has 0 fully saturated rings. The van der Waals surface area contributed by atoms with Crippen LogP contribution in [-0.4, -0.2) is 28.6 Å². The number of ketones is 1. The predicted octanol–water partition coefficient (Wildman–Crippen LogP) is 2.60. The van der Waals surface area contributed by atoms with Crippen molar-refractivity contribution in [1.29, 1.82) is 0 Å². The first-order valence-electron chi connectivity index (χ1n) is 5.47. The van der Waals surface area contributed by atoms with Gasteiger partial charge in [-0.25, -0.2) is 14.4 Å². The molecular formula is C13H11FN2O2S. The molecule has 0 aliphatic rings. The van der Waals surface area contributed by atoms with Gasteiger partial charge >= 0.3 is 0 Å². The molecule has 6 heteroatoms. The van der Waals surface area contributed by atoms with Gasteiger partial charge in [-0.05, 0) is 24.3 Å². The zero-order valence-electron chi connectivity index (χ0n) is 10.2. The Morgan fingerprint density at radius 3 is 2.63 bits per heavy atom. The highest BCUT2D eigenvalue weighted by Gasteiger charge is 2.14. The lowest BCUT2D eigenvalue weighted by atomic mass is 10.3. The van der Waals surface area contributed by atoms with E-state index in [2.05, 4.69) is 9.97 Å². The number of hydrogen-bond acceptors (Lipinski definition) is 5. The van der Waals surface area contributed by atoms with Gasteiger partial charge in [-0.2, -0.15) is 0 Å². The summed E-state index contributed by atoms with van der Waals surface area (Å²) in [7, 11) is 1.44. The summed E-state index contributed by atoms with van der Waals surface area (Å²) in [6.07, 6.45) is 2.90. The van der Waals surface area contributed by atoms with E-state index in [-0.39, 0.29) is 28.9 Å². The number of ether oxygens (including phenoxy) is 1. The maximum Gasteiger partial charge on any atom is 0.243 e. The molecule has 0 bridgehead atoms. The molecule has 0 unspecified atom stereocenters. The van der Waals surface area contributed by atoms with Crippen molar-refractivity contribution in [2.75, 3.05) is 12.9 Å². The van der Waals surface area contributed by atoms with Crippen molar-refractivity contribution in [2.45, 2.75) is 4.90 Å². The van der Waals surface area contributed by atoms with Crippen LogP contribution < -0.4 is 4.74 Å². The maximum atomic E-state index is 12.7. The van der Waals surface area contributed by atoms with Crippen LogP contribution in [0.3, 0.4) is 0 Å². The number of carbonyl (C=O) groups is 1. The van der Waals surface area contributed by atoms with Crippen LogP contribution in [0.5, 0.6) is 5.88 Å². The van der Waals surface area contributed by atoms with E-state index in [1.54, 1.807) is 12.1 Å². The molecule has 0 aliphatic heterocycles. The monoisotopic (exact) mass is 278 g/mol. The summed E-state index contributed by atoms with van der Waals surface area (Å²) in [5.41, 5.74) is 0.208. The van der Waals surface area contributed by atoms with E-state index < -0.39 is 0 Å². The van der Waals surface area contributed by atoms with Crippen LogP contribution in [0.15, 0.2) is 41.6 Å². The SMILES string of the molecule is COc1nccnc1C(=O)CSc1ccc(F)cc1. The topological polar surface area (TPSA) is 52.1 Å². The first kappa shape index (κ1) is 13.5. The molecule has 19 heavy (non-hydrogen) atoms. The van der Waals surface area contributed by atoms with E-state index in [0.29, 0.717) is 0 Å². The molecule has 0 saturated heterocycles. The molecule has 0 radical (unpaired) electrons. The van der Waals surface area contributed by atoms with Gasteiger partial charge < -0.3 is 4.74 Å². The average molecular weight is 278 g/mol. The summed E-state index contributed by atoms with van der Waals surface area (Å²) in [6, 6.07) is 5.97. The number of methoxy groups -OCH3 is 1. The van der Waals surface area contributed by atoms with Crippen LogP contribution in [0.2, 0.25) is 0 Å². The van der Waals surface area contributed by atoms with E-state index in [0.717, 1.165) is 4.90 Å². The van der Waals surface area contributed by atoms with Crippen LogP contribution in [-0.2, 0) is 0 Å². The molecule has 0 N–H and O–H groups in total. The Balaban J connectivity index is 2.03. The molecule has 2 aromatic rings. The minimum Gasteiger partial charge on any atom is -0.479 e. The second-order valence-electron chi connectivity index (χ2n) is 3.58. The van der Waals surface area contributed by atoms with Crippen molar-refractivity contribution in [3.8, 4) is 5.88 Å². The number of halogens is 1. The van der Waals surface area contributed by atoms with Gasteiger partial charge in [0, 0.05) is 17.3 Å². The molecule has 0 amide bonds. The van der Waals surface area contributed by atoms with Crippen LogP contribution in [0, 0.1) is 5.82 Å². The van der Waals surface area contributed by atoms with Gasteiger partial charge in [0.1, 0.15) is 5.82 Å². The minimum absolute atomic E-state index is 0.181. The molecule has 1 aromatic heterocycles. The molecule has 0 aliphatic carbocycles. The Morgan fingerprint density at radius 1 is 1.26 bits per heavy atom. The summed E-state index contributed by atoms with van der Waals surface area (Å²) < 4.78 is 17.7. The molecule has 2 rings (SSSR count). The summed E-state index contributed by atoms with van der Waals surface area (Å²) in [5.74, 6) is -0.0708. The van der Waals surface area contributed by atoms with Crippen molar-refractivity contribution >= 4 is 17.5 Å². The highest BCUT2D eigenvalue weighted by molar-refractivity contribution is 8.00. The molecule has 1 heterocycles. The Kier molecular flexibility index (Phi) is 4.46. The fourth-order valence-corrected chi connectivity index (χ4v) is 2.18. The molecule has 1 aromatic carbocycles. The van der Waals surface area contributed by atoms with Crippen molar-refractivity contribution in [3.05, 3.63) is 48.2 Å². The third-order valence-electron chi connectivity index (χ3n) is 2.31. The fourth-order valence-electron chi connectivity index (χ4n) is 1.41. The number of carbonyl (C=O) groups excluding carboxylic acids is 1. The van der Waals surface area contributed by atoms with Crippen LogP contribution in [0.4, 0.5) is 4.39 Å². The van der Waals surface area contributed by atoms with Crippen molar-refractivity contribution in [1.82, 2.24) is 9.97 Å².